The molecule has 152 valence electrons. The monoisotopic (exact) mass is 432 g/mol. The highest BCUT2D eigenvalue weighted by molar-refractivity contribution is 7.91. The molecule has 2 aromatic carbocycles. The molecule has 2 heterocycles. The van der Waals surface area contributed by atoms with Gasteiger partial charge in [0, 0.05) is 35.1 Å². The Balaban J connectivity index is 1.59. The molecule has 1 amide bonds. The van der Waals surface area contributed by atoms with Crippen LogP contribution in [0.4, 0.5) is 0 Å². The first-order valence-corrected chi connectivity index (χ1v) is 11.4. The SMILES string of the molecule is COc1ccc2cc(C(=O)N3CCC(c4ccccc4Cl)S(=O)(=O)CC3)[nH]c2c1. The normalized spacial score (nSPS) is 19.1. The van der Waals surface area contributed by atoms with Gasteiger partial charge in [0.2, 0.25) is 0 Å². The quantitative estimate of drug-likeness (QED) is 0.682. The van der Waals surface area contributed by atoms with Crippen molar-refractivity contribution in [3.05, 3.63) is 64.8 Å². The molecule has 29 heavy (non-hydrogen) atoms. The summed E-state index contributed by atoms with van der Waals surface area (Å²) in [5, 5.41) is 0.622. The number of fused-ring (bicyclic) bond motifs is 1. The summed E-state index contributed by atoms with van der Waals surface area (Å²) in [7, 11) is -1.84. The average molecular weight is 433 g/mol. The molecule has 6 nitrogen and oxygen atoms in total. The first kappa shape index (κ1) is 19.8. The van der Waals surface area contributed by atoms with Crippen molar-refractivity contribution < 1.29 is 17.9 Å². The fraction of sp³-hybridized carbons (Fsp3) is 0.286. The molecule has 3 aromatic rings. The maximum atomic E-state index is 13.0. The van der Waals surface area contributed by atoms with Gasteiger partial charge in [0.1, 0.15) is 11.4 Å². The van der Waals surface area contributed by atoms with Crippen LogP contribution in [0.1, 0.15) is 27.7 Å². The molecular formula is C21H21ClN2O4S. The van der Waals surface area contributed by atoms with Crippen molar-refractivity contribution in [3.63, 3.8) is 0 Å². The largest absolute Gasteiger partial charge is 0.497 e. The highest BCUT2D eigenvalue weighted by atomic mass is 35.5. The minimum atomic E-state index is -3.42. The molecule has 1 saturated heterocycles. The standard InChI is InChI=1S/C21H21ClN2O4S/c1-28-15-7-6-14-12-19(23-18(14)13-15)21(25)24-9-8-20(29(26,27)11-10-24)16-4-2-3-5-17(16)22/h2-7,12-13,20,23H,8-11H2,1H3. The molecule has 8 heteroatoms. The summed E-state index contributed by atoms with van der Waals surface area (Å²) in [5.41, 5.74) is 1.83. The number of hydrogen-bond acceptors (Lipinski definition) is 4. The first-order valence-electron chi connectivity index (χ1n) is 9.31. The number of carbonyl (C=O) groups is 1. The molecule has 0 spiro atoms. The zero-order valence-corrected chi connectivity index (χ0v) is 17.5. The maximum Gasteiger partial charge on any atom is 0.270 e. The summed E-state index contributed by atoms with van der Waals surface area (Å²) in [4.78, 5) is 17.8. The molecule has 1 aromatic heterocycles. The highest BCUT2D eigenvalue weighted by Gasteiger charge is 2.34. The van der Waals surface area contributed by atoms with Crippen molar-refractivity contribution in [1.29, 1.82) is 0 Å². The average Bonchev–Trinajstić information content (AvgIpc) is 3.07. The molecule has 0 bridgehead atoms. The molecule has 1 aliphatic heterocycles. The Morgan fingerprint density at radius 3 is 2.72 bits per heavy atom. The van der Waals surface area contributed by atoms with Crippen LogP contribution in [-0.2, 0) is 9.84 Å². The van der Waals surface area contributed by atoms with Crippen LogP contribution in [-0.4, -0.2) is 50.2 Å². The second kappa shape index (κ2) is 7.72. The van der Waals surface area contributed by atoms with Crippen LogP contribution in [0.3, 0.4) is 0 Å². The number of carbonyl (C=O) groups excluding carboxylic acids is 1. The Kier molecular flexibility index (Phi) is 5.27. The van der Waals surface area contributed by atoms with Crippen molar-refractivity contribution in [2.75, 3.05) is 26.0 Å². The predicted molar refractivity (Wildman–Crippen MR) is 113 cm³/mol. The summed E-state index contributed by atoms with van der Waals surface area (Å²) in [6, 6.07) is 14.3. The molecular weight excluding hydrogens is 412 g/mol. The van der Waals surface area contributed by atoms with Crippen molar-refractivity contribution in [1.82, 2.24) is 9.88 Å². The third-order valence-electron chi connectivity index (χ3n) is 5.34. The van der Waals surface area contributed by atoms with Crippen molar-refractivity contribution in [2.45, 2.75) is 11.7 Å². The number of H-pyrrole nitrogens is 1. The van der Waals surface area contributed by atoms with E-state index in [9.17, 15) is 13.2 Å². The first-order chi connectivity index (χ1) is 13.9. The van der Waals surface area contributed by atoms with E-state index in [0.29, 0.717) is 35.0 Å². The Morgan fingerprint density at radius 2 is 1.97 bits per heavy atom. The van der Waals surface area contributed by atoms with Gasteiger partial charge in [-0.2, -0.15) is 0 Å². The summed E-state index contributed by atoms with van der Waals surface area (Å²) < 4.78 is 30.9. The van der Waals surface area contributed by atoms with E-state index in [4.69, 9.17) is 16.3 Å². The van der Waals surface area contributed by atoms with E-state index in [1.165, 1.54) is 0 Å². The molecule has 1 aliphatic rings. The number of halogens is 1. The molecule has 1 atom stereocenters. The van der Waals surface area contributed by atoms with Gasteiger partial charge in [0.25, 0.3) is 5.91 Å². The lowest BCUT2D eigenvalue weighted by Crippen LogP contribution is -2.33. The lowest BCUT2D eigenvalue weighted by atomic mass is 10.1. The fourth-order valence-corrected chi connectivity index (χ4v) is 5.90. The van der Waals surface area contributed by atoms with Crippen LogP contribution in [0, 0.1) is 0 Å². The number of sulfone groups is 1. The van der Waals surface area contributed by atoms with Gasteiger partial charge in [-0.3, -0.25) is 4.79 Å². The minimum Gasteiger partial charge on any atom is -0.497 e. The minimum absolute atomic E-state index is 0.0946. The zero-order chi connectivity index (χ0) is 20.6. The maximum absolute atomic E-state index is 13.0. The lowest BCUT2D eigenvalue weighted by molar-refractivity contribution is 0.0761. The van der Waals surface area contributed by atoms with Crippen molar-refractivity contribution in [2.24, 2.45) is 0 Å². The van der Waals surface area contributed by atoms with Crippen molar-refractivity contribution in [3.8, 4) is 5.75 Å². The van der Waals surface area contributed by atoms with Crippen molar-refractivity contribution >= 4 is 38.2 Å². The molecule has 1 fully saturated rings. The number of nitrogens with zero attached hydrogens (tertiary/aromatic N) is 1. The van der Waals surface area contributed by atoms with Gasteiger partial charge < -0.3 is 14.6 Å². The summed E-state index contributed by atoms with van der Waals surface area (Å²) in [6.45, 7) is 0.493. The van der Waals surface area contributed by atoms with E-state index in [-0.39, 0.29) is 18.2 Å². The van der Waals surface area contributed by atoms with Gasteiger partial charge in [-0.25, -0.2) is 8.42 Å². The summed E-state index contributed by atoms with van der Waals surface area (Å²) in [5.74, 6) is 0.389. The molecule has 4 rings (SSSR count). The highest BCUT2D eigenvalue weighted by Crippen LogP contribution is 2.34. The smallest absolute Gasteiger partial charge is 0.270 e. The molecule has 1 unspecified atom stereocenters. The molecule has 1 N–H and O–H groups in total. The van der Waals surface area contributed by atoms with E-state index < -0.39 is 15.1 Å². The second-order valence-electron chi connectivity index (χ2n) is 7.09. The van der Waals surface area contributed by atoms with Crippen LogP contribution >= 0.6 is 11.6 Å². The second-order valence-corrected chi connectivity index (χ2v) is 9.80. The molecule has 0 radical (unpaired) electrons. The summed E-state index contributed by atoms with van der Waals surface area (Å²) in [6.07, 6.45) is 0.311. The van der Waals surface area contributed by atoms with Gasteiger partial charge in [-0.1, -0.05) is 29.8 Å². The van der Waals surface area contributed by atoms with E-state index in [1.807, 2.05) is 18.2 Å². The number of rotatable bonds is 3. The van der Waals surface area contributed by atoms with Crippen LogP contribution in [0.25, 0.3) is 10.9 Å². The zero-order valence-electron chi connectivity index (χ0n) is 15.9. The number of amides is 1. The number of nitrogens with one attached hydrogen (secondary N) is 1. The predicted octanol–water partition coefficient (Wildman–Crippen LogP) is 3.83. The summed E-state index contributed by atoms with van der Waals surface area (Å²) >= 11 is 6.24. The molecule has 0 saturated carbocycles. The Morgan fingerprint density at radius 1 is 1.17 bits per heavy atom. The lowest BCUT2D eigenvalue weighted by Gasteiger charge is -2.19. The number of hydrogen-bond donors (Lipinski definition) is 1. The van der Waals surface area contributed by atoms with Gasteiger partial charge in [0.15, 0.2) is 9.84 Å². The van der Waals surface area contributed by atoms with Gasteiger partial charge >= 0.3 is 0 Å². The Hall–Kier alpha value is -2.51. The van der Waals surface area contributed by atoms with E-state index in [0.717, 1.165) is 10.9 Å². The van der Waals surface area contributed by atoms with Crippen LogP contribution in [0.2, 0.25) is 5.02 Å². The van der Waals surface area contributed by atoms with Gasteiger partial charge in [0.05, 0.1) is 18.1 Å². The molecule has 0 aliphatic carbocycles. The van der Waals surface area contributed by atoms with Gasteiger partial charge in [-0.05, 0) is 36.2 Å². The third-order valence-corrected chi connectivity index (χ3v) is 7.79. The Bertz CT molecular complexity index is 1170. The van der Waals surface area contributed by atoms with Crippen LogP contribution in [0.15, 0.2) is 48.5 Å². The number of ether oxygens (including phenoxy) is 1. The number of methoxy groups -OCH3 is 1. The topological polar surface area (TPSA) is 79.5 Å². The van der Waals surface area contributed by atoms with Crippen LogP contribution < -0.4 is 4.74 Å². The van der Waals surface area contributed by atoms with Gasteiger partial charge in [-0.15, -0.1) is 0 Å². The third kappa shape index (κ3) is 3.84. The van der Waals surface area contributed by atoms with E-state index in [1.54, 1.807) is 42.3 Å². The number of benzene rings is 2. The van der Waals surface area contributed by atoms with E-state index >= 15 is 0 Å². The van der Waals surface area contributed by atoms with E-state index in [2.05, 4.69) is 4.98 Å². The Labute approximate surface area is 174 Å². The number of aromatic amines is 1. The fourth-order valence-electron chi connectivity index (χ4n) is 3.75. The number of aromatic nitrogens is 1. The van der Waals surface area contributed by atoms with Crippen LogP contribution in [0.5, 0.6) is 5.75 Å².